The molecule has 0 unspecified atom stereocenters. The van der Waals surface area contributed by atoms with E-state index in [1.165, 1.54) is 70.6 Å². The van der Waals surface area contributed by atoms with Crippen LogP contribution in [-0.2, 0) is 9.53 Å². The SMILES string of the molecule is CCCCCCCC[C@H]1CCC2=C1C[C@H]1[C@@H](C2)[C@@H]1C(=O)OCC. The lowest BCUT2D eigenvalue weighted by atomic mass is 9.87. The van der Waals surface area contributed by atoms with E-state index in [2.05, 4.69) is 6.92 Å². The van der Waals surface area contributed by atoms with Crippen LogP contribution in [0.2, 0.25) is 0 Å². The molecule has 1 saturated carbocycles. The van der Waals surface area contributed by atoms with E-state index in [1.807, 2.05) is 6.92 Å². The quantitative estimate of drug-likeness (QED) is 0.311. The highest BCUT2D eigenvalue weighted by Crippen LogP contribution is 2.61. The molecular formula is C21H34O2. The summed E-state index contributed by atoms with van der Waals surface area (Å²) < 4.78 is 5.26. The van der Waals surface area contributed by atoms with E-state index in [0.29, 0.717) is 18.4 Å². The largest absolute Gasteiger partial charge is 0.466 e. The Kier molecular flexibility index (Phi) is 5.82. The molecule has 0 aromatic rings. The summed E-state index contributed by atoms with van der Waals surface area (Å²) in [6, 6.07) is 0. The summed E-state index contributed by atoms with van der Waals surface area (Å²) in [7, 11) is 0. The van der Waals surface area contributed by atoms with E-state index in [-0.39, 0.29) is 11.9 Å². The molecule has 0 spiro atoms. The number of allylic oxidation sites excluding steroid dienone is 2. The molecule has 0 aromatic heterocycles. The normalized spacial score (nSPS) is 31.7. The molecule has 0 saturated heterocycles. The number of rotatable bonds is 9. The maximum atomic E-state index is 12.0. The van der Waals surface area contributed by atoms with Crippen molar-refractivity contribution in [3.05, 3.63) is 11.1 Å². The molecular weight excluding hydrogens is 284 g/mol. The summed E-state index contributed by atoms with van der Waals surface area (Å²) in [6.45, 7) is 4.73. The Bertz CT molecular complexity index is 451. The van der Waals surface area contributed by atoms with E-state index in [1.54, 1.807) is 11.1 Å². The molecule has 3 rings (SSSR count). The van der Waals surface area contributed by atoms with Crippen LogP contribution in [0.15, 0.2) is 11.1 Å². The average Bonchev–Trinajstić information content (AvgIpc) is 3.12. The van der Waals surface area contributed by atoms with Crippen molar-refractivity contribution in [3.8, 4) is 0 Å². The minimum Gasteiger partial charge on any atom is -0.466 e. The maximum absolute atomic E-state index is 12.0. The van der Waals surface area contributed by atoms with Crippen LogP contribution in [0.5, 0.6) is 0 Å². The van der Waals surface area contributed by atoms with Crippen LogP contribution in [0.4, 0.5) is 0 Å². The predicted octanol–water partition coefficient (Wildman–Crippen LogP) is 5.66. The highest BCUT2D eigenvalue weighted by Gasteiger charge is 2.58. The molecule has 3 aliphatic rings. The summed E-state index contributed by atoms with van der Waals surface area (Å²) in [5, 5.41) is 0. The van der Waals surface area contributed by atoms with Crippen molar-refractivity contribution in [1.29, 1.82) is 0 Å². The van der Waals surface area contributed by atoms with Gasteiger partial charge in [-0.25, -0.2) is 0 Å². The van der Waals surface area contributed by atoms with Crippen LogP contribution in [-0.4, -0.2) is 12.6 Å². The Hall–Kier alpha value is -0.790. The summed E-state index contributed by atoms with van der Waals surface area (Å²) in [5.41, 5.74) is 3.50. The Morgan fingerprint density at radius 1 is 1.04 bits per heavy atom. The first-order valence-electron chi connectivity index (χ1n) is 10.1. The average molecular weight is 319 g/mol. The lowest BCUT2D eigenvalue weighted by Gasteiger charge is -2.19. The third-order valence-corrected chi connectivity index (χ3v) is 6.48. The molecule has 0 heterocycles. The van der Waals surface area contributed by atoms with Crippen LogP contribution >= 0.6 is 0 Å². The minimum absolute atomic E-state index is 0.0798. The molecule has 0 aromatic carbocycles. The fraction of sp³-hybridized carbons (Fsp3) is 0.857. The fourth-order valence-electron chi connectivity index (χ4n) is 5.13. The minimum atomic E-state index is 0.0798. The van der Waals surface area contributed by atoms with E-state index in [4.69, 9.17) is 4.74 Å². The number of carbonyl (C=O) groups is 1. The van der Waals surface area contributed by atoms with Gasteiger partial charge in [0.1, 0.15) is 0 Å². The van der Waals surface area contributed by atoms with Crippen molar-refractivity contribution in [2.24, 2.45) is 23.7 Å². The number of esters is 1. The van der Waals surface area contributed by atoms with Gasteiger partial charge in [0, 0.05) is 0 Å². The molecule has 2 heteroatoms. The highest BCUT2D eigenvalue weighted by atomic mass is 16.5. The van der Waals surface area contributed by atoms with E-state index >= 15 is 0 Å². The molecule has 0 N–H and O–H groups in total. The molecule has 0 aliphatic heterocycles. The van der Waals surface area contributed by atoms with Crippen molar-refractivity contribution in [3.63, 3.8) is 0 Å². The van der Waals surface area contributed by atoms with E-state index in [0.717, 1.165) is 5.92 Å². The first kappa shape index (κ1) is 17.0. The topological polar surface area (TPSA) is 26.3 Å². The van der Waals surface area contributed by atoms with Gasteiger partial charge in [-0.3, -0.25) is 4.79 Å². The summed E-state index contributed by atoms with van der Waals surface area (Å²) >= 11 is 0. The second-order valence-electron chi connectivity index (χ2n) is 7.93. The van der Waals surface area contributed by atoms with Gasteiger partial charge >= 0.3 is 5.97 Å². The van der Waals surface area contributed by atoms with Crippen molar-refractivity contribution >= 4 is 5.97 Å². The van der Waals surface area contributed by atoms with Gasteiger partial charge in [0.05, 0.1) is 12.5 Å². The van der Waals surface area contributed by atoms with Crippen molar-refractivity contribution < 1.29 is 9.53 Å². The molecule has 0 radical (unpaired) electrons. The number of hydrogen-bond donors (Lipinski definition) is 0. The summed E-state index contributed by atoms with van der Waals surface area (Å²) in [4.78, 5) is 12.0. The fourth-order valence-corrected chi connectivity index (χ4v) is 5.13. The summed E-state index contributed by atoms with van der Waals surface area (Å²) in [6.07, 6.45) is 14.9. The molecule has 23 heavy (non-hydrogen) atoms. The highest BCUT2D eigenvalue weighted by molar-refractivity contribution is 5.77. The molecule has 130 valence electrons. The van der Waals surface area contributed by atoms with E-state index < -0.39 is 0 Å². The number of fused-ring (bicyclic) bond motifs is 1. The third kappa shape index (κ3) is 3.83. The Morgan fingerprint density at radius 2 is 1.78 bits per heavy atom. The van der Waals surface area contributed by atoms with Crippen LogP contribution in [0, 0.1) is 23.7 Å². The van der Waals surface area contributed by atoms with Crippen LogP contribution in [0.3, 0.4) is 0 Å². The first-order valence-corrected chi connectivity index (χ1v) is 10.1. The number of hydrogen-bond acceptors (Lipinski definition) is 2. The zero-order valence-corrected chi connectivity index (χ0v) is 15.1. The lowest BCUT2D eigenvalue weighted by Crippen LogP contribution is -2.08. The van der Waals surface area contributed by atoms with Crippen LogP contribution < -0.4 is 0 Å². The molecule has 3 aliphatic carbocycles. The van der Waals surface area contributed by atoms with Gasteiger partial charge in [-0.2, -0.15) is 0 Å². The van der Waals surface area contributed by atoms with Gasteiger partial charge in [-0.1, -0.05) is 56.6 Å². The number of ether oxygens (including phenoxy) is 1. The Morgan fingerprint density at radius 3 is 2.57 bits per heavy atom. The molecule has 0 amide bonds. The van der Waals surface area contributed by atoms with E-state index in [9.17, 15) is 4.79 Å². The van der Waals surface area contributed by atoms with Crippen molar-refractivity contribution in [2.75, 3.05) is 6.61 Å². The monoisotopic (exact) mass is 318 g/mol. The van der Waals surface area contributed by atoms with Crippen molar-refractivity contribution in [1.82, 2.24) is 0 Å². The Labute approximate surface area is 142 Å². The molecule has 4 atom stereocenters. The standard InChI is InChI=1S/C21H34O2/c1-3-5-6-7-8-9-10-15-11-12-16-13-18-19(14-17(15)16)20(18)21(22)23-4-2/h15,18-20H,3-14H2,1-2H3/t15-,18+,19-,20-/m0/s1. The predicted molar refractivity (Wildman–Crippen MR) is 94.1 cm³/mol. The Balaban J connectivity index is 1.42. The van der Waals surface area contributed by atoms with Gasteiger partial charge in [0.2, 0.25) is 0 Å². The van der Waals surface area contributed by atoms with Gasteiger partial charge < -0.3 is 4.74 Å². The number of unbranched alkanes of at least 4 members (excludes halogenated alkanes) is 5. The zero-order valence-electron chi connectivity index (χ0n) is 15.1. The zero-order chi connectivity index (χ0) is 16.2. The second kappa shape index (κ2) is 7.85. The van der Waals surface area contributed by atoms with Gasteiger partial charge in [-0.05, 0) is 56.8 Å². The van der Waals surface area contributed by atoms with Crippen molar-refractivity contribution in [2.45, 2.75) is 84.5 Å². The van der Waals surface area contributed by atoms with Crippen LogP contribution in [0.25, 0.3) is 0 Å². The van der Waals surface area contributed by atoms with Gasteiger partial charge in [0.15, 0.2) is 0 Å². The van der Waals surface area contributed by atoms with Gasteiger partial charge in [-0.15, -0.1) is 0 Å². The smallest absolute Gasteiger partial charge is 0.309 e. The first-order chi connectivity index (χ1) is 11.3. The molecule has 1 fully saturated rings. The second-order valence-corrected chi connectivity index (χ2v) is 7.93. The van der Waals surface area contributed by atoms with Gasteiger partial charge in [0.25, 0.3) is 0 Å². The number of carbonyl (C=O) groups excluding carboxylic acids is 1. The maximum Gasteiger partial charge on any atom is 0.309 e. The molecule has 0 bridgehead atoms. The van der Waals surface area contributed by atoms with Crippen LogP contribution in [0.1, 0.15) is 84.5 Å². The lowest BCUT2D eigenvalue weighted by molar-refractivity contribution is -0.145. The molecule has 2 nitrogen and oxygen atoms in total. The summed E-state index contributed by atoms with van der Waals surface area (Å²) in [5.74, 6) is 2.41. The third-order valence-electron chi connectivity index (χ3n) is 6.48.